The number of carbonyl (C=O) groups is 2. The van der Waals surface area contributed by atoms with E-state index in [0.717, 1.165) is 16.7 Å². The standard InChI is InChI=1S/C25H24N4O3/c1-4-17-6-5-7-18(14-17)19-8-9-21-20(15-19)25(22(31)28(3)23(26)27-25)24(32-21)10-12-29(13-11-24)16(2)30/h1,5-9,14-15H,10-13H2,2-3H3,(H2,26,27). The van der Waals surface area contributed by atoms with Gasteiger partial charge in [0.05, 0.1) is 0 Å². The predicted octanol–water partition coefficient (Wildman–Crippen LogP) is 2.09. The van der Waals surface area contributed by atoms with Crippen molar-refractivity contribution in [2.24, 2.45) is 10.7 Å². The average Bonchev–Trinajstić information content (AvgIpc) is 3.20. The Balaban J connectivity index is 1.66. The highest BCUT2D eigenvalue weighted by molar-refractivity contribution is 6.08. The van der Waals surface area contributed by atoms with Crippen molar-refractivity contribution < 1.29 is 14.3 Å². The fourth-order valence-corrected chi connectivity index (χ4v) is 5.16. The van der Waals surface area contributed by atoms with Crippen LogP contribution in [0.3, 0.4) is 0 Å². The second-order valence-electron chi connectivity index (χ2n) is 8.58. The molecular weight excluding hydrogens is 404 g/mol. The van der Waals surface area contributed by atoms with Crippen molar-refractivity contribution >= 4 is 17.8 Å². The summed E-state index contributed by atoms with van der Waals surface area (Å²) in [6.45, 7) is 2.54. The molecule has 0 aliphatic carbocycles. The first kappa shape index (κ1) is 20.1. The molecule has 3 heterocycles. The number of aliphatic imine (C=N–C) groups is 1. The molecule has 1 atom stereocenters. The largest absolute Gasteiger partial charge is 0.483 e. The number of benzene rings is 2. The van der Waals surface area contributed by atoms with Gasteiger partial charge < -0.3 is 15.4 Å². The Bertz CT molecular complexity index is 1220. The van der Waals surface area contributed by atoms with Crippen LogP contribution in [0.4, 0.5) is 0 Å². The van der Waals surface area contributed by atoms with E-state index in [-0.39, 0.29) is 17.8 Å². The Morgan fingerprint density at radius 1 is 1.19 bits per heavy atom. The highest BCUT2D eigenvalue weighted by atomic mass is 16.5. The van der Waals surface area contributed by atoms with Crippen molar-refractivity contribution in [2.75, 3.05) is 20.1 Å². The number of fused-ring (bicyclic) bond motifs is 3. The number of likely N-dealkylation sites (N-methyl/N-ethyl adjacent to an activating group) is 1. The molecule has 2 N–H and O–H groups in total. The number of terminal acetylenes is 1. The van der Waals surface area contributed by atoms with Crippen LogP contribution >= 0.6 is 0 Å². The molecule has 7 nitrogen and oxygen atoms in total. The van der Waals surface area contributed by atoms with Gasteiger partial charge in [-0.05, 0) is 35.4 Å². The summed E-state index contributed by atoms with van der Waals surface area (Å²) in [5.41, 5.74) is 7.32. The zero-order chi connectivity index (χ0) is 22.7. The van der Waals surface area contributed by atoms with Gasteiger partial charge in [-0.3, -0.25) is 14.5 Å². The predicted molar refractivity (Wildman–Crippen MR) is 121 cm³/mol. The molecule has 32 heavy (non-hydrogen) atoms. The van der Waals surface area contributed by atoms with Crippen LogP contribution in [-0.2, 0) is 15.1 Å². The van der Waals surface area contributed by atoms with Crippen LogP contribution in [0.5, 0.6) is 5.75 Å². The molecule has 0 radical (unpaired) electrons. The van der Waals surface area contributed by atoms with Crippen molar-refractivity contribution in [3.8, 4) is 29.2 Å². The topological polar surface area (TPSA) is 88.2 Å². The van der Waals surface area contributed by atoms with E-state index in [1.807, 2.05) is 42.5 Å². The summed E-state index contributed by atoms with van der Waals surface area (Å²) >= 11 is 0. The SMILES string of the molecule is C#Cc1cccc(-c2ccc3c(c2)C2(N=C(N)N(C)C2=O)C2(CCN(C(C)=O)CC2)O3)c1. The zero-order valence-electron chi connectivity index (χ0n) is 18.1. The van der Waals surface area contributed by atoms with Gasteiger partial charge >= 0.3 is 0 Å². The number of ether oxygens (including phenoxy) is 1. The minimum atomic E-state index is -1.27. The van der Waals surface area contributed by atoms with Gasteiger partial charge in [0.15, 0.2) is 11.6 Å². The van der Waals surface area contributed by atoms with Crippen LogP contribution in [0, 0.1) is 12.3 Å². The molecule has 7 heteroatoms. The molecule has 0 bridgehead atoms. The van der Waals surface area contributed by atoms with Crippen LogP contribution in [0.1, 0.15) is 30.9 Å². The van der Waals surface area contributed by atoms with Crippen LogP contribution in [-0.4, -0.2) is 53.3 Å². The highest BCUT2D eigenvalue weighted by Gasteiger charge is 2.69. The summed E-state index contributed by atoms with van der Waals surface area (Å²) < 4.78 is 6.52. The molecule has 162 valence electrons. The maximum atomic E-state index is 13.7. The molecule has 0 aromatic heterocycles. The summed E-state index contributed by atoms with van der Waals surface area (Å²) in [6, 6.07) is 13.5. The third-order valence-electron chi connectivity index (χ3n) is 6.95. The van der Waals surface area contributed by atoms with Gasteiger partial charge in [-0.2, -0.15) is 0 Å². The van der Waals surface area contributed by atoms with Crippen molar-refractivity contribution in [3.05, 3.63) is 53.6 Å². The number of guanidine groups is 1. The first-order valence-electron chi connectivity index (χ1n) is 10.6. The molecule has 2 aromatic rings. The van der Waals surface area contributed by atoms with Crippen molar-refractivity contribution in [1.82, 2.24) is 9.80 Å². The van der Waals surface area contributed by atoms with E-state index < -0.39 is 11.1 Å². The van der Waals surface area contributed by atoms with E-state index in [0.29, 0.717) is 37.2 Å². The Labute approximate surface area is 186 Å². The molecule has 1 unspecified atom stereocenters. The molecule has 1 saturated heterocycles. The normalized spacial score (nSPS) is 23.2. The van der Waals surface area contributed by atoms with Crippen molar-refractivity contribution in [1.29, 1.82) is 0 Å². The lowest BCUT2D eigenvalue weighted by atomic mass is 9.70. The van der Waals surface area contributed by atoms with Gasteiger partial charge in [0.1, 0.15) is 5.75 Å². The Morgan fingerprint density at radius 2 is 1.91 bits per heavy atom. The Hall–Kier alpha value is -3.79. The molecule has 2 spiro atoms. The Morgan fingerprint density at radius 3 is 2.53 bits per heavy atom. The zero-order valence-corrected chi connectivity index (χ0v) is 18.1. The van der Waals surface area contributed by atoms with Gasteiger partial charge in [0.25, 0.3) is 5.91 Å². The minimum absolute atomic E-state index is 0.0120. The number of hydrogen-bond donors (Lipinski definition) is 1. The molecule has 2 aromatic carbocycles. The fraction of sp³-hybridized carbons (Fsp3) is 0.320. The van der Waals surface area contributed by atoms with Gasteiger partial charge in [-0.15, -0.1) is 6.42 Å². The van der Waals surface area contributed by atoms with E-state index in [4.69, 9.17) is 21.9 Å². The Kier molecular flexibility index (Phi) is 4.31. The van der Waals surface area contributed by atoms with Gasteiger partial charge in [0.2, 0.25) is 11.4 Å². The average molecular weight is 428 g/mol. The van der Waals surface area contributed by atoms with E-state index in [1.54, 1.807) is 18.9 Å². The van der Waals surface area contributed by atoms with E-state index in [1.165, 1.54) is 4.90 Å². The summed E-state index contributed by atoms with van der Waals surface area (Å²) in [5.74, 6) is 3.25. The molecule has 2 amide bonds. The summed E-state index contributed by atoms with van der Waals surface area (Å²) in [5, 5.41) is 0. The molecule has 1 fully saturated rings. The van der Waals surface area contributed by atoms with E-state index >= 15 is 0 Å². The van der Waals surface area contributed by atoms with Crippen LogP contribution in [0.25, 0.3) is 11.1 Å². The maximum absolute atomic E-state index is 13.7. The second-order valence-corrected chi connectivity index (χ2v) is 8.58. The third kappa shape index (κ3) is 2.59. The van der Waals surface area contributed by atoms with Gasteiger partial charge in [-0.25, -0.2) is 4.99 Å². The second kappa shape index (κ2) is 6.86. The molecule has 5 rings (SSSR count). The lowest BCUT2D eigenvalue weighted by Crippen LogP contribution is -2.60. The maximum Gasteiger partial charge on any atom is 0.266 e. The number of amides is 2. The van der Waals surface area contributed by atoms with Crippen LogP contribution < -0.4 is 10.5 Å². The smallest absolute Gasteiger partial charge is 0.266 e. The highest BCUT2D eigenvalue weighted by Crippen LogP contribution is 2.57. The van der Waals surface area contributed by atoms with E-state index in [9.17, 15) is 9.59 Å². The lowest BCUT2D eigenvalue weighted by molar-refractivity contribution is -0.142. The molecule has 3 aliphatic heterocycles. The summed E-state index contributed by atoms with van der Waals surface area (Å²) in [7, 11) is 1.63. The lowest BCUT2D eigenvalue weighted by Gasteiger charge is -2.44. The van der Waals surface area contributed by atoms with E-state index in [2.05, 4.69) is 5.92 Å². The number of likely N-dealkylation sites (tertiary alicyclic amines) is 1. The number of nitrogens with two attached hydrogens (primary N) is 1. The number of carbonyl (C=O) groups excluding carboxylic acids is 2. The monoisotopic (exact) mass is 428 g/mol. The van der Waals surface area contributed by atoms with Crippen molar-refractivity contribution in [3.63, 3.8) is 0 Å². The summed E-state index contributed by atoms with van der Waals surface area (Å²) in [4.78, 5) is 33.5. The summed E-state index contributed by atoms with van der Waals surface area (Å²) in [6.07, 6.45) is 6.55. The quantitative estimate of drug-likeness (QED) is 0.705. The number of piperidine rings is 1. The van der Waals surface area contributed by atoms with Gasteiger partial charge in [0, 0.05) is 51.0 Å². The number of rotatable bonds is 1. The minimum Gasteiger partial charge on any atom is -0.483 e. The molecule has 3 aliphatic rings. The number of hydrogen-bond acceptors (Lipinski definition) is 5. The number of nitrogens with zero attached hydrogens (tertiary/aromatic N) is 3. The molecule has 0 saturated carbocycles. The van der Waals surface area contributed by atoms with Gasteiger partial charge in [-0.1, -0.05) is 24.1 Å². The first-order chi connectivity index (χ1) is 15.3. The van der Waals surface area contributed by atoms with Crippen LogP contribution in [0.15, 0.2) is 47.5 Å². The molecular formula is C25H24N4O3. The third-order valence-corrected chi connectivity index (χ3v) is 6.95. The van der Waals surface area contributed by atoms with Crippen LogP contribution in [0.2, 0.25) is 0 Å². The first-order valence-corrected chi connectivity index (χ1v) is 10.6. The fourth-order valence-electron chi connectivity index (χ4n) is 5.16. The van der Waals surface area contributed by atoms with Crippen molar-refractivity contribution in [2.45, 2.75) is 30.9 Å².